The maximum atomic E-state index is 11.7. The lowest BCUT2D eigenvalue weighted by Gasteiger charge is -2.08. The van der Waals surface area contributed by atoms with Crippen LogP contribution >= 0.6 is 31.9 Å². The van der Waals surface area contributed by atoms with E-state index >= 15 is 0 Å². The highest BCUT2D eigenvalue weighted by atomic mass is 79.9. The summed E-state index contributed by atoms with van der Waals surface area (Å²) in [6.07, 6.45) is 8.74. The third kappa shape index (κ3) is 3.78. The van der Waals surface area contributed by atoms with E-state index in [4.69, 9.17) is 5.73 Å². The topological polar surface area (TPSA) is 94.0 Å². The minimum atomic E-state index is -0.167. The fraction of sp³-hybridized carbons (Fsp3) is 0.0952. The normalized spacial score (nSPS) is 10.9. The molecule has 5 rings (SSSR count). The first-order valence-corrected chi connectivity index (χ1v) is 10.6. The Balaban J connectivity index is 0.000000147. The standard InChI is InChI=1S/C11H8BrN3O.C10H10BrN3/c1-6-4-8-9(5-7(6)12)15-3-2-13-10(15)11(16)14-8;1-7-4-9(12)10(5-8(7)11)14-3-2-13-6-14/h2-5H,1H3,(H,14,16);2-6H,12H2,1H3. The molecular weight excluding hydrogens is 512 g/mol. The highest BCUT2D eigenvalue weighted by Gasteiger charge is 2.07. The number of nitrogen functional groups attached to an aromatic ring is 1. The molecule has 0 unspecified atom stereocenters. The Morgan fingerprint density at radius 3 is 2.47 bits per heavy atom. The van der Waals surface area contributed by atoms with Crippen LogP contribution in [0.15, 0.2) is 69.1 Å². The summed E-state index contributed by atoms with van der Waals surface area (Å²) in [6.45, 7) is 4.00. The summed E-state index contributed by atoms with van der Waals surface area (Å²) in [5.74, 6) is 0. The number of nitrogens with zero attached hydrogens (tertiary/aromatic N) is 4. The van der Waals surface area contributed by atoms with Crippen LogP contribution in [0.1, 0.15) is 11.1 Å². The lowest BCUT2D eigenvalue weighted by atomic mass is 10.2. The van der Waals surface area contributed by atoms with Gasteiger partial charge in [0.25, 0.3) is 5.56 Å². The Hall–Kier alpha value is -2.91. The first-order valence-electron chi connectivity index (χ1n) is 9.04. The van der Waals surface area contributed by atoms with Crippen LogP contribution in [0.2, 0.25) is 0 Å². The molecule has 0 fully saturated rings. The zero-order valence-electron chi connectivity index (χ0n) is 16.2. The van der Waals surface area contributed by atoms with E-state index in [0.29, 0.717) is 5.65 Å². The maximum absolute atomic E-state index is 11.7. The van der Waals surface area contributed by atoms with Crippen molar-refractivity contribution < 1.29 is 0 Å². The molecule has 0 saturated carbocycles. The van der Waals surface area contributed by atoms with Gasteiger partial charge in [-0.1, -0.05) is 31.9 Å². The second-order valence-corrected chi connectivity index (χ2v) is 8.53. The zero-order chi connectivity index (χ0) is 21.4. The zero-order valence-corrected chi connectivity index (χ0v) is 19.4. The van der Waals surface area contributed by atoms with Gasteiger partial charge in [-0.2, -0.15) is 0 Å². The Morgan fingerprint density at radius 2 is 1.73 bits per heavy atom. The van der Waals surface area contributed by atoms with Crippen molar-refractivity contribution in [3.05, 3.63) is 85.8 Å². The lowest BCUT2D eigenvalue weighted by molar-refractivity contribution is 1.06. The van der Waals surface area contributed by atoms with Crippen LogP contribution in [0.3, 0.4) is 0 Å². The Labute approximate surface area is 188 Å². The van der Waals surface area contributed by atoms with Gasteiger partial charge in [0.1, 0.15) is 0 Å². The van der Waals surface area contributed by atoms with E-state index in [0.717, 1.165) is 42.5 Å². The average Bonchev–Trinajstić information content (AvgIpc) is 3.39. The lowest BCUT2D eigenvalue weighted by Crippen LogP contribution is -2.10. The number of H-pyrrole nitrogens is 1. The molecule has 3 N–H and O–H groups in total. The van der Waals surface area contributed by atoms with E-state index in [1.807, 2.05) is 48.9 Å². The number of fused-ring (bicyclic) bond motifs is 3. The first-order chi connectivity index (χ1) is 14.3. The quantitative estimate of drug-likeness (QED) is 0.306. The highest BCUT2D eigenvalue weighted by Crippen LogP contribution is 2.26. The minimum Gasteiger partial charge on any atom is -0.397 e. The number of rotatable bonds is 1. The van der Waals surface area contributed by atoms with Crippen molar-refractivity contribution in [1.82, 2.24) is 23.9 Å². The maximum Gasteiger partial charge on any atom is 0.292 e. The van der Waals surface area contributed by atoms with Crippen LogP contribution in [0.4, 0.5) is 5.69 Å². The highest BCUT2D eigenvalue weighted by molar-refractivity contribution is 9.10. The molecule has 3 aromatic heterocycles. The molecule has 0 saturated heterocycles. The SMILES string of the molecule is Cc1cc(N)c(-n2ccnc2)cc1Br.Cc1cc2[nH]c(=O)c3nccn3c2cc1Br. The van der Waals surface area contributed by atoms with Crippen molar-refractivity contribution >= 4 is 54.2 Å². The number of imidazole rings is 2. The van der Waals surface area contributed by atoms with E-state index in [1.165, 1.54) is 0 Å². The monoisotopic (exact) mass is 528 g/mol. The van der Waals surface area contributed by atoms with E-state index in [9.17, 15) is 4.79 Å². The van der Waals surface area contributed by atoms with Gasteiger partial charge in [-0.3, -0.25) is 9.20 Å². The largest absolute Gasteiger partial charge is 0.397 e. The summed E-state index contributed by atoms with van der Waals surface area (Å²) in [6, 6.07) is 7.86. The summed E-state index contributed by atoms with van der Waals surface area (Å²) < 4.78 is 5.75. The number of aromatic nitrogens is 5. The first kappa shape index (κ1) is 20.4. The molecule has 0 aliphatic carbocycles. The molecule has 0 spiro atoms. The van der Waals surface area contributed by atoms with Crippen molar-refractivity contribution in [2.45, 2.75) is 13.8 Å². The molecule has 3 heterocycles. The second-order valence-electron chi connectivity index (χ2n) is 6.82. The summed E-state index contributed by atoms with van der Waals surface area (Å²) in [7, 11) is 0. The van der Waals surface area contributed by atoms with Gasteiger partial charge < -0.3 is 15.3 Å². The van der Waals surface area contributed by atoms with Gasteiger partial charge in [0.15, 0.2) is 0 Å². The van der Waals surface area contributed by atoms with Gasteiger partial charge in [0, 0.05) is 33.7 Å². The minimum absolute atomic E-state index is 0.167. The van der Waals surface area contributed by atoms with Crippen molar-refractivity contribution in [3.63, 3.8) is 0 Å². The third-order valence-corrected chi connectivity index (χ3v) is 6.43. The number of aryl methyl sites for hydroxylation is 2. The predicted octanol–water partition coefficient (Wildman–Crippen LogP) is 4.77. The van der Waals surface area contributed by atoms with Crippen molar-refractivity contribution in [1.29, 1.82) is 0 Å². The average molecular weight is 530 g/mol. The van der Waals surface area contributed by atoms with Crippen LogP contribution in [0.5, 0.6) is 0 Å². The van der Waals surface area contributed by atoms with Gasteiger partial charge in [0.2, 0.25) is 5.65 Å². The molecule has 0 amide bonds. The van der Waals surface area contributed by atoms with Crippen LogP contribution in [-0.2, 0) is 0 Å². The van der Waals surface area contributed by atoms with E-state index in [-0.39, 0.29) is 5.56 Å². The molecule has 152 valence electrons. The summed E-state index contributed by atoms with van der Waals surface area (Å²) in [4.78, 5) is 22.5. The Morgan fingerprint density at radius 1 is 1.00 bits per heavy atom. The number of nitrogens with two attached hydrogens (primary N) is 1. The molecular formula is C21H18Br2N6O. The second kappa shape index (κ2) is 8.08. The number of anilines is 1. The van der Waals surface area contributed by atoms with Crippen molar-refractivity contribution in [2.24, 2.45) is 0 Å². The molecule has 0 atom stereocenters. The summed E-state index contributed by atoms with van der Waals surface area (Å²) in [5, 5.41) is 0. The van der Waals surface area contributed by atoms with E-state index in [1.54, 1.807) is 29.3 Å². The number of aromatic amines is 1. The van der Waals surface area contributed by atoms with Gasteiger partial charge in [0.05, 0.1) is 28.7 Å². The Kier molecular flexibility index (Phi) is 5.48. The molecule has 0 aliphatic rings. The number of nitrogens with one attached hydrogen (secondary N) is 1. The van der Waals surface area contributed by atoms with Crippen LogP contribution < -0.4 is 11.3 Å². The molecule has 0 aliphatic heterocycles. The summed E-state index contributed by atoms with van der Waals surface area (Å²) >= 11 is 6.96. The fourth-order valence-electron chi connectivity index (χ4n) is 3.13. The molecule has 5 aromatic rings. The van der Waals surface area contributed by atoms with Gasteiger partial charge in [-0.25, -0.2) is 9.97 Å². The van der Waals surface area contributed by atoms with Crippen molar-refractivity contribution in [2.75, 3.05) is 5.73 Å². The van der Waals surface area contributed by atoms with Gasteiger partial charge >= 0.3 is 0 Å². The smallest absolute Gasteiger partial charge is 0.292 e. The molecule has 9 heteroatoms. The number of hydrogen-bond acceptors (Lipinski definition) is 4. The predicted molar refractivity (Wildman–Crippen MR) is 126 cm³/mol. The molecule has 7 nitrogen and oxygen atoms in total. The molecule has 0 radical (unpaired) electrons. The van der Waals surface area contributed by atoms with Crippen LogP contribution in [0, 0.1) is 13.8 Å². The number of halogens is 2. The third-order valence-electron chi connectivity index (χ3n) is 4.72. The van der Waals surface area contributed by atoms with E-state index < -0.39 is 0 Å². The Bertz CT molecular complexity index is 1420. The van der Waals surface area contributed by atoms with E-state index in [2.05, 4.69) is 46.8 Å². The summed E-state index contributed by atoms with van der Waals surface area (Å²) in [5.41, 5.74) is 11.8. The number of hydrogen-bond donors (Lipinski definition) is 2. The molecule has 30 heavy (non-hydrogen) atoms. The van der Waals surface area contributed by atoms with Crippen molar-refractivity contribution in [3.8, 4) is 5.69 Å². The molecule has 2 aromatic carbocycles. The van der Waals surface area contributed by atoms with Crippen LogP contribution in [-0.4, -0.2) is 23.9 Å². The fourth-order valence-corrected chi connectivity index (χ4v) is 3.80. The van der Waals surface area contributed by atoms with Crippen LogP contribution in [0.25, 0.3) is 22.4 Å². The van der Waals surface area contributed by atoms with Gasteiger partial charge in [-0.15, -0.1) is 0 Å². The molecule has 0 bridgehead atoms. The van der Waals surface area contributed by atoms with Gasteiger partial charge in [-0.05, 0) is 49.2 Å². The number of benzene rings is 2.